The Morgan fingerprint density at radius 1 is 1.32 bits per heavy atom. The average Bonchev–Trinajstić information content (AvgIpc) is 2.63. The SMILES string of the molecule is CCC(Nc1c(C)nn(C)c1C)c1ccccc1O. The summed E-state index contributed by atoms with van der Waals surface area (Å²) in [5.41, 5.74) is 4.06. The molecule has 4 nitrogen and oxygen atoms in total. The summed E-state index contributed by atoms with van der Waals surface area (Å²) in [4.78, 5) is 0. The minimum absolute atomic E-state index is 0.0859. The molecule has 19 heavy (non-hydrogen) atoms. The van der Waals surface area contributed by atoms with Crippen molar-refractivity contribution in [2.75, 3.05) is 5.32 Å². The molecule has 1 atom stereocenters. The summed E-state index contributed by atoms with van der Waals surface area (Å²) in [5, 5.41) is 17.9. The maximum absolute atomic E-state index is 9.97. The van der Waals surface area contributed by atoms with Crippen molar-refractivity contribution in [1.82, 2.24) is 9.78 Å². The quantitative estimate of drug-likeness (QED) is 0.885. The molecular weight excluding hydrogens is 238 g/mol. The minimum Gasteiger partial charge on any atom is -0.508 e. The highest BCUT2D eigenvalue weighted by molar-refractivity contribution is 5.54. The first-order chi connectivity index (χ1) is 9.04. The van der Waals surface area contributed by atoms with E-state index in [0.717, 1.165) is 29.1 Å². The van der Waals surface area contributed by atoms with Crippen LogP contribution in [0.15, 0.2) is 24.3 Å². The molecule has 0 fully saturated rings. The van der Waals surface area contributed by atoms with Gasteiger partial charge in [-0.15, -0.1) is 0 Å². The van der Waals surface area contributed by atoms with Crippen LogP contribution in [0, 0.1) is 13.8 Å². The maximum atomic E-state index is 9.97. The van der Waals surface area contributed by atoms with Crippen LogP contribution in [0.1, 0.15) is 36.3 Å². The smallest absolute Gasteiger partial charge is 0.120 e. The number of phenolic OH excluding ortho intramolecular Hbond substituents is 1. The van der Waals surface area contributed by atoms with E-state index in [4.69, 9.17) is 0 Å². The molecule has 2 aromatic rings. The van der Waals surface area contributed by atoms with Crippen molar-refractivity contribution in [1.29, 1.82) is 0 Å². The van der Waals surface area contributed by atoms with Crippen LogP contribution < -0.4 is 5.32 Å². The minimum atomic E-state index is 0.0859. The van der Waals surface area contributed by atoms with Crippen LogP contribution in [0.3, 0.4) is 0 Å². The Bertz CT molecular complexity index is 575. The summed E-state index contributed by atoms with van der Waals surface area (Å²) in [6.07, 6.45) is 0.894. The van der Waals surface area contributed by atoms with Gasteiger partial charge < -0.3 is 10.4 Å². The van der Waals surface area contributed by atoms with Gasteiger partial charge in [-0.1, -0.05) is 25.1 Å². The molecule has 2 rings (SSSR count). The van der Waals surface area contributed by atoms with Crippen molar-refractivity contribution >= 4 is 5.69 Å². The first kappa shape index (κ1) is 13.5. The molecule has 0 aliphatic rings. The van der Waals surface area contributed by atoms with Crippen LogP contribution in [0.5, 0.6) is 5.75 Å². The summed E-state index contributed by atoms with van der Waals surface area (Å²) in [6.45, 7) is 6.14. The molecule has 1 aromatic carbocycles. The molecule has 0 amide bonds. The summed E-state index contributed by atoms with van der Waals surface area (Å²) >= 11 is 0. The van der Waals surface area contributed by atoms with Crippen molar-refractivity contribution in [3.05, 3.63) is 41.2 Å². The molecule has 0 saturated carbocycles. The van der Waals surface area contributed by atoms with Crippen molar-refractivity contribution in [2.24, 2.45) is 7.05 Å². The van der Waals surface area contributed by atoms with Crippen molar-refractivity contribution in [3.8, 4) is 5.75 Å². The topological polar surface area (TPSA) is 50.1 Å². The summed E-state index contributed by atoms with van der Waals surface area (Å²) in [5.74, 6) is 0.334. The Morgan fingerprint density at radius 2 is 2.00 bits per heavy atom. The fourth-order valence-corrected chi connectivity index (χ4v) is 2.34. The van der Waals surface area contributed by atoms with E-state index in [0.29, 0.717) is 5.75 Å². The van der Waals surface area contributed by atoms with Crippen LogP contribution in [0.2, 0.25) is 0 Å². The van der Waals surface area contributed by atoms with Gasteiger partial charge in [0.25, 0.3) is 0 Å². The Balaban J connectivity index is 2.32. The number of aromatic nitrogens is 2. The van der Waals surface area contributed by atoms with Gasteiger partial charge in [-0.05, 0) is 26.3 Å². The predicted octanol–water partition coefficient (Wildman–Crippen LogP) is 3.31. The number of nitrogens with one attached hydrogen (secondary N) is 1. The second kappa shape index (κ2) is 5.34. The van der Waals surface area contributed by atoms with E-state index >= 15 is 0 Å². The van der Waals surface area contributed by atoms with Gasteiger partial charge in [-0.25, -0.2) is 0 Å². The molecule has 0 saturated heterocycles. The highest BCUT2D eigenvalue weighted by Crippen LogP contribution is 2.31. The molecule has 1 unspecified atom stereocenters. The number of para-hydroxylation sites is 1. The zero-order chi connectivity index (χ0) is 14.0. The highest BCUT2D eigenvalue weighted by Gasteiger charge is 2.17. The largest absolute Gasteiger partial charge is 0.508 e. The Kier molecular flexibility index (Phi) is 3.79. The van der Waals surface area contributed by atoms with E-state index < -0.39 is 0 Å². The molecule has 0 aliphatic carbocycles. The van der Waals surface area contributed by atoms with Crippen molar-refractivity contribution < 1.29 is 5.11 Å². The van der Waals surface area contributed by atoms with E-state index in [1.165, 1.54) is 0 Å². The van der Waals surface area contributed by atoms with E-state index in [1.54, 1.807) is 6.07 Å². The Hall–Kier alpha value is -1.97. The zero-order valence-corrected chi connectivity index (χ0v) is 11.9. The van der Waals surface area contributed by atoms with E-state index in [2.05, 4.69) is 17.3 Å². The van der Waals surface area contributed by atoms with Gasteiger partial charge >= 0.3 is 0 Å². The standard InChI is InChI=1S/C15H21N3O/c1-5-13(12-8-6-7-9-14(12)19)16-15-10(2)17-18(4)11(15)3/h6-9,13,16,19H,5H2,1-4H3. The molecule has 102 valence electrons. The van der Waals surface area contributed by atoms with Crippen LogP contribution in [0.4, 0.5) is 5.69 Å². The number of hydrogen-bond acceptors (Lipinski definition) is 3. The molecule has 0 spiro atoms. The van der Waals surface area contributed by atoms with Gasteiger partial charge in [-0.3, -0.25) is 4.68 Å². The summed E-state index contributed by atoms with van der Waals surface area (Å²) in [7, 11) is 1.94. The van der Waals surface area contributed by atoms with Gasteiger partial charge in [-0.2, -0.15) is 5.10 Å². The predicted molar refractivity (Wildman–Crippen MR) is 77.4 cm³/mol. The van der Waals surface area contributed by atoms with Gasteiger partial charge in [0.2, 0.25) is 0 Å². The number of aromatic hydroxyl groups is 1. The fraction of sp³-hybridized carbons (Fsp3) is 0.400. The first-order valence-electron chi connectivity index (χ1n) is 6.59. The normalized spacial score (nSPS) is 12.4. The number of anilines is 1. The van der Waals surface area contributed by atoms with E-state index in [-0.39, 0.29) is 6.04 Å². The van der Waals surface area contributed by atoms with Gasteiger partial charge in [0.1, 0.15) is 5.75 Å². The lowest BCUT2D eigenvalue weighted by Crippen LogP contribution is -2.11. The molecule has 4 heteroatoms. The number of rotatable bonds is 4. The van der Waals surface area contributed by atoms with Crippen molar-refractivity contribution in [3.63, 3.8) is 0 Å². The van der Waals surface area contributed by atoms with Gasteiger partial charge in [0.15, 0.2) is 0 Å². The van der Waals surface area contributed by atoms with Crippen LogP contribution >= 0.6 is 0 Å². The number of nitrogens with zero attached hydrogens (tertiary/aromatic N) is 2. The fourth-order valence-electron chi connectivity index (χ4n) is 2.34. The van der Waals surface area contributed by atoms with E-state index in [1.807, 2.05) is 43.8 Å². The first-order valence-corrected chi connectivity index (χ1v) is 6.59. The summed E-state index contributed by atoms with van der Waals surface area (Å²) in [6, 6.07) is 7.55. The van der Waals surface area contributed by atoms with Gasteiger partial charge in [0, 0.05) is 12.6 Å². The van der Waals surface area contributed by atoms with Crippen LogP contribution in [-0.2, 0) is 7.05 Å². The van der Waals surface area contributed by atoms with Crippen LogP contribution in [0.25, 0.3) is 0 Å². The second-order valence-electron chi connectivity index (χ2n) is 4.83. The third kappa shape index (κ3) is 2.57. The monoisotopic (exact) mass is 259 g/mol. The van der Waals surface area contributed by atoms with Crippen molar-refractivity contribution in [2.45, 2.75) is 33.2 Å². The lowest BCUT2D eigenvalue weighted by atomic mass is 10.0. The number of phenols is 1. The van der Waals surface area contributed by atoms with Crippen LogP contribution in [-0.4, -0.2) is 14.9 Å². The Labute approximate surface area is 114 Å². The molecule has 0 aliphatic heterocycles. The zero-order valence-electron chi connectivity index (χ0n) is 11.9. The molecule has 1 aromatic heterocycles. The Morgan fingerprint density at radius 3 is 2.53 bits per heavy atom. The number of hydrogen-bond donors (Lipinski definition) is 2. The molecule has 0 radical (unpaired) electrons. The molecule has 0 bridgehead atoms. The number of benzene rings is 1. The molecular formula is C15H21N3O. The average molecular weight is 259 g/mol. The molecule has 2 N–H and O–H groups in total. The van der Waals surface area contributed by atoms with Gasteiger partial charge in [0.05, 0.1) is 23.1 Å². The third-order valence-electron chi connectivity index (χ3n) is 3.55. The van der Waals surface area contributed by atoms with E-state index in [9.17, 15) is 5.11 Å². The highest BCUT2D eigenvalue weighted by atomic mass is 16.3. The lowest BCUT2D eigenvalue weighted by Gasteiger charge is -2.20. The lowest BCUT2D eigenvalue weighted by molar-refractivity contribution is 0.462. The maximum Gasteiger partial charge on any atom is 0.120 e. The summed E-state index contributed by atoms with van der Waals surface area (Å²) < 4.78 is 1.87. The molecule has 1 heterocycles. The second-order valence-corrected chi connectivity index (χ2v) is 4.83. The third-order valence-corrected chi connectivity index (χ3v) is 3.55. The number of aryl methyl sites for hydroxylation is 2.